The number of hydrogen-bond donors (Lipinski definition) is 0. The normalized spacial score (nSPS) is 11.7. The summed E-state index contributed by atoms with van der Waals surface area (Å²) >= 11 is 0. The van der Waals surface area contributed by atoms with Crippen LogP contribution in [0.4, 0.5) is 0 Å². The van der Waals surface area contributed by atoms with Crippen LogP contribution in [-0.2, 0) is 19.9 Å². The maximum atomic E-state index is 6.12. The average molecular weight is 325 g/mol. The lowest BCUT2D eigenvalue weighted by molar-refractivity contribution is 0.107. The highest BCUT2D eigenvalue weighted by atomic mass is 28.4. The summed E-state index contributed by atoms with van der Waals surface area (Å²) in [5, 5.41) is 2.06. The zero-order valence-electron chi connectivity index (χ0n) is 13.2. The Morgan fingerprint density at radius 2 is 1.70 bits per heavy atom. The zero-order chi connectivity index (χ0) is 16.1. The quantitative estimate of drug-likeness (QED) is 0.654. The van der Waals surface area contributed by atoms with Crippen molar-refractivity contribution in [3.05, 3.63) is 72.4 Å². The highest BCUT2D eigenvalue weighted by Crippen LogP contribution is 2.16. The van der Waals surface area contributed by atoms with E-state index in [0.29, 0.717) is 6.61 Å². The van der Waals surface area contributed by atoms with Crippen molar-refractivity contribution in [2.45, 2.75) is 6.61 Å². The van der Waals surface area contributed by atoms with Gasteiger partial charge < -0.3 is 13.3 Å². The second-order valence-electron chi connectivity index (χ2n) is 5.15. The van der Waals surface area contributed by atoms with Gasteiger partial charge in [-0.2, -0.15) is 0 Å². The minimum atomic E-state index is -2.89. The summed E-state index contributed by atoms with van der Waals surface area (Å²) in [4.78, 5) is 4.38. The summed E-state index contributed by atoms with van der Waals surface area (Å²) in [5.41, 5.74) is 1.99. The molecule has 118 valence electrons. The summed E-state index contributed by atoms with van der Waals surface area (Å²) in [5.74, 6) is 0. The van der Waals surface area contributed by atoms with Gasteiger partial charge >= 0.3 is 8.80 Å². The van der Waals surface area contributed by atoms with Gasteiger partial charge in [0.2, 0.25) is 0 Å². The number of pyridine rings is 1. The van der Waals surface area contributed by atoms with Crippen LogP contribution in [-0.4, -0.2) is 28.0 Å². The van der Waals surface area contributed by atoms with Crippen LogP contribution in [0.2, 0.25) is 0 Å². The van der Waals surface area contributed by atoms with E-state index in [0.717, 1.165) is 21.7 Å². The van der Waals surface area contributed by atoms with Crippen molar-refractivity contribution < 1.29 is 13.3 Å². The van der Waals surface area contributed by atoms with Crippen molar-refractivity contribution in [1.82, 2.24) is 4.98 Å². The van der Waals surface area contributed by atoms with Gasteiger partial charge in [0.15, 0.2) is 0 Å². The van der Waals surface area contributed by atoms with Gasteiger partial charge in [-0.1, -0.05) is 48.5 Å². The van der Waals surface area contributed by atoms with Crippen LogP contribution in [0.5, 0.6) is 0 Å². The molecule has 4 nitrogen and oxygen atoms in total. The van der Waals surface area contributed by atoms with Crippen molar-refractivity contribution in [3.63, 3.8) is 0 Å². The second-order valence-corrected chi connectivity index (χ2v) is 7.94. The Bertz CT molecular complexity index is 775. The SMILES string of the molecule is CO[Si](OC)(OCc1ccc2cccnc2c1)c1ccccc1. The van der Waals surface area contributed by atoms with Crippen LogP contribution in [0.3, 0.4) is 0 Å². The average Bonchev–Trinajstić information content (AvgIpc) is 2.64. The van der Waals surface area contributed by atoms with Gasteiger partial charge in [0, 0.05) is 31.0 Å². The first-order valence-electron chi connectivity index (χ1n) is 7.41. The molecule has 0 spiro atoms. The molecule has 0 radical (unpaired) electrons. The molecule has 1 aromatic heterocycles. The van der Waals surface area contributed by atoms with Crippen molar-refractivity contribution >= 4 is 24.9 Å². The van der Waals surface area contributed by atoms with Crippen LogP contribution in [0, 0.1) is 0 Å². The molecular weight excluding hydrogens is 306 g/mol. The fourth-order valence-corrected chi connectivity index (χ4v) is 4.54. The topological polar surface area (TPSA) is 40.6 Å². The van der Waals surface area contributed by atoms with E-state index in [1.165, 1.54) is 0 Å². The van der Waals surface area contributed by atoms with Crippen LogP contribution in [0.15, 0.2) is 66.9 Å². The Hall–Kier alpha value is -2.05. The summed E-state index contributed by atoms with van der Waals surface area (Å²) in [6.45, 7) is 0.412. The Labute approximate surface area is 137 Å². The van der Waals surface area contributed by atoms with Gasteiger partial charge in [0.1, 0.15) is 0 Å². The molecule has 23 heavy (non-hydrogen) atoms. The molecule has 5 heteroatoms. The second kappa shape index (κ2) is 7.02. The van der Waals surface area contributed by atoms with Gasteiger partial charge in [-0.05, 0) is 17.7 Å². The molecule has 0 aliphatic rings. The summed E-state index contributed by atoms with van der Waals surface area (Å²) in [7, 11) is 0.369. The lowest BCUT2D eigenvalue weighted by Crippen LogP contribution is -2.55. The van der Waals surface area contributed by atoms with Gasteiger partial charge in [0.25, 0.3) is 0 Å². The van der Waals surface area contributed by atoms with Crippen LogP contribution >= 0.6 is 0 Å². The monoisotopic (exact) mass is 325 g/mol. The van der Waals surface area contributed by atoms with E-state index in [2.05, 4.69) is 4.98 Å². The molecule has 0 bridgehead atoms. The van der Waals surface area contributed by atoms with Crippen LogP contribution in [0.25, 0.3) is 10.9 Å². The van der Waals surface area contributed by atoms with Crippen molar-refractivity contribution in [1.29, 1.82) is 0 Å². The molecule has 0 atom stereocenters. The minimum absolute atomic E-state index is 0.412. The molecule has 2 aromatic carbocycles. The van der Waals surface area contributed by atoms with Gasteiger partial charge in [-0.25, -0.2) is 0 Å². The van der Waals surface area contributed by atoms with Crippen LogP contribution < -0.4 is 5.19 Å². The van der Waals surface area contributed by atoms with E-state index in [9.17, 15) is 0 Å². The highest BCUT2D eigenvalue weighted by Gasteiger charge is 2.41. The fourth-order valence-electron chi connectivity index (χ4n) is 2.54. The van der Waals surface area contributed by atoms with Gasteiger partial charge in [-0.3, -0.25) is 4.98 Å². The Morgan fingerprint density at radius 3 is 2.43 bits per heavy atom. The Balaban J connectivity index is 1.83. The maximum Gasteiger partial charge on any atom is 0.536 e. The van der Waals surface area contributed by atoms with Crippen molar-refractivity contribution in [2.24, 2.45) is 0 Å². The highest BCUT2D eigenvalue weighted by molar-refractivity contribution is 6.75. The molecule has 3 aromatic rings. The number of rotatable bonds is 6. The van der Waals surface area contributed by atoms with Crippen molar-refractivity contribution in [2.75, 3.05) is 14.2 Å². The summed E-state index contributed by atoms with van der Waals surface area (Å²) in [6, 6.07) is 19.9. The number of benzene rings is 2. The Kier molecular flexibility index (Phi) is 4.83. The van der Waals surface area contributed by atoms with Crippen molar-refractivity contribution in [3.8, 4) is 0 Å². The molecular formula is C18H19NO3Si. The number of fused-ring (bicyclic) bond motifs is 1. The van der Waals surface area contributed by atoms with E-state index in [1.807, 2.05) is 60.7 Å². The predicted octanol–water partition coefficient (Wildman–Crippen LogP) is 2.89. The Morgan fingerprint density at radius 1 is 0.913 bits per heavy atom. The predicted molar refractivity (Wildman–Crippen MR) is 92.4 cm³/mol. The first kappa shape index (κ1) is 15.8. The number of aromatic nitrogens is 1. The molecule has 0 aliphatic carbocycles. The lowest BCUT2D eigenvalue weighted by atomic mass is 10.1. The third-order valence-electron chi connectivity index (χ3n) is 3.76. The molecule has 1 heterocycles. The first-order chi connectivity index (χ1) is 11.3. The molecule has 0 fully saturated rings. The smallest absolute Gasteiger partial charge is 0.373 e. The molecule has 0 aliphatic heterocycles. The molecule has 0 saturated heterocycles. The van der Waals surface area contributed by atoms with Gasteiger partial charge in [0.05, 0.1) is 12.1 Å². The third kappa shape index (κ3) is 3.33. The van der Waals surface area contributed by atoms with E-state index in [4.69, 9.17) is 13.3 Å². The first-order valence-corrected chi connectivity index (χ1v) is 9.13. The summed E-state index contributed by atoms with van der Waals surface area (Å²) < 4.78 is 17.4. The van der Waals surface area contributed by atoms with E-state index < -0.39 is 8.80 Å². The largest absolute Gasteiger partial charge is 0.536 e. The molecule has 0 N–H and O–H groups in total. The fraction of sp³-hybridized carbons (Fsp3) is 0.167. The maximum absolute atomic E-state index is 6.12. The van der Waals surface area contributed by atoms with E-state index >= 15 is 0 Å². The van der Waals surface area contributed by atoms with E-state index in [-0.39, 0.29) is 0 Å². The third-order valence-corrected chi connectivity index (χ3v) is 6.40. The molecule has 0 amide bonds. The van der Waals surface area contributed by atoms with Gasteiger partial charge in [-0.15, -0.1) is 0 Å². The zero-order valence-corrected chi connectivity index (χ0v) is 14.2. The van der Waals surface area contributed by atoms with Crippen LogP contribution in [0.1, 0.15) is 5.56 Å². The number of hydrogen-bond acceptors (Lipinski definition) is 4. The van der Waals surface area contributed by atoms with E-state index in [1.54, 1.807) is 20.4 Å². The lowest BCUT2D eigenvalue weighted by Gasteiger charge is -2.26. The standard InChI is InChI=1S/C18H19NO3Si/c1-20-23(21-2,17-8-4-3-5-9-17)22-14-15-10-11-16-7-6-12-19-18(16)13-15/h3-13H,14H2,1-2H3. The molecule has 3 rings (SSSR count). The summed E-state index contributed by atoms with van der Waals surface area (Å²) in [6.07, 6.45) is 1.79. The minimum Gasteiger partial charge on any atom is -0.373 e. The molecule has 0 unspecified atom stereocenters. The number of nitrogens with zero attached hydrogens (tertiary/aromatic N) is 1. The molecule has 0 saturated carbocycles.